The van der Waals surface area contributed by atoms with Crippen LogP contribution < -0.4 is 9.47 Å². The number of fused-ring (bicyclic) bond motifs is 6. The molecule has 2 aromatic carbocycles. The van der Waals surface area contributed by atoms with Gasteiger partial charge in [-0.15, -0.1) is 0 Å². The van der Waals surface area contributed by atoms with Gasteiger partial charge in [0, 0.05) is 55.6 Å². The van der Waals surface area contributed by atoms with E-state index in [2.05, 4.69) is 9.42 Å². The number of hydrogen-bond donors (Lipinski definition) is 4. The van der Waals surface area contributed by atoms with Crippen LogP contribution in [0.1, 0.15) is 68.8 Å². The highest BCUT2D eigenvalue weighted by atomic mass is 31.2. The lowest BCUT2D eigenvalue weighted by molar-refractivity contribution is -0.256. The van der Waals surface area contributed by atoms with Crippen LogP contribution >= 0.6 is 7.82 Å². The van der Waals surface area contributed by atoms with Crippen molar-refractivity contribution in [2.24, 2.45) is 0 Å². The zero-order valence-corrected chi connectivity index (χ0v) is 29.0. The lowest BCUT2D eigenvalue weighted by Crippen LogP contribution is -2.55. The zero-order valence-electron chi connectivity index (χ0n) is 28.1. The minimum absolute atomic E-state index is 0.0316. The third-order valence-electron chi connectivity index (χ3n) is 10.2. The summed E-state index contributed by atoms with van der Waals surface area (Å²) >= 11 is 0. The maximum atomic E-state index is 14.2. The number of hydrogen-bond acceptors (Lipinski definition) is 15. The van der Waals surface area contributed by atoms with Gasteiger partial charge in [0.25, 0.3) is 0 Å². The van der Waals surface area contributed by atoms with E-state index in [9.17, 15) is 38.9 Å². The SMILES string of the molecule is COc1cccc2c1C(=O)c1c(OC)c3c(c(O)c1C2=O)C[C@@](O)(C(=O)COP(=O)(O)O)C[C@@H]3OC1C[C@H]2[C@H](O[C@@H]3[C@@H](OC)OCCN32)[C@H](C)O1. The van der Waals surface area contributed by atoms with Crippen molar-refractivity contribution < 1.29 is 76.6 Å². The first kappa shape index (κ1) is 36.1. The van der Waals surface area contributed by atoms with Gasteiger partial charge in [-0.05, 0) is 13.0 Å². The number of methoxy groups -OCH3 is 3. The van der Waals surface area contributed by atoms with E-state index in [1.807, 2.05) is 0 Å². The van der Waals surface area contributed by atoms with Crippen LogP contribution in [0.25, 0.3) is 0 Å². The van der Waals surface area contributed by atoms with Crippen molar-refractivity contribution in [3.8, 4) is 17.2 Å². The molecule has 2 aromatic rings. The van der Waals surface area contributed by atoms with E-state index in [4.69, 9.17) is 33.2 Å². The molecule has 0 spiro atoms. The molecular formula is C33H38NO16P. The fourth-order valence-corrected chi connectivity index (χ4v) is 8.30. The van der Waals surface area contributed by atoms with Crippen molar-refractivity contribution in [2.75, 3.05) is 41.1 Å². The Balaban J connectivity index is 1.32. The monoisotopic (exact) mass is 735 g/mol. The number of phosphoric ester groups is 1. The molecule has 276 valence electrons. The predicted octanol–water partition coefficient (Wildman–Crippen LogP) is 1.13. The van der Waals surface area contributed by atoms with Crippen LogP contribution in [0.2, 0.25) is 0 Å². The molecule has 17 nitrogen and oxygen atoms in total. The Hall–Kier alpha value is -3.32. The summed E-state index contributed by atoms with van der Waals surface area (Å²) in [7, 11) is -0.979. The third-order valence-corrected chi connectivity index (χ3v) is 10.7. The van der Waals surface area contributed by atoms with Gasteiger partial charge in [-0.2, -0.15) is 0 Å². The highest BCUT2D eigenvalue weighted by Crippen LogP contribution is 2.53. The van der Waals surface area contributed by atoms with Gasteiger partial charge in [0.1, 0.15) is 35.6 Å². The molecule has 51 heavy (non-hydrogen) atoms. The predicted molar refractivity (Wildman–Crippen MR) is 169 cm³/mol. The van der Waals surface area contributed by atoms with Crippen LogP contribution in [-0.2, 0) is 44.0 Å². The molecule has 18 heteroatoms. The molecule has 8 atom stereocenters. The normalized spacial score (nSPS) is 31.6. The van der Waals surface area contributed by atoms with Crippen LogP contribution in [0.4, 0.5) is 0 Å². The van der Waals surface area contributed by atoms with Crippen LogP contribution in [0, 0.1) is 0 Å². The molecule has 5 aliphatic rings. The van der Waals surface area contributed by atoms with Gasteiger partial charge in [0.2, 0.25) is 5.78 Å². The zero-order chi connectivity index (χ0) is 36.6. The molecule has 0 radical (unpaired) electrons. The molecule has 1 unspecified atom stereocenters. The first-order chi connectivity index (χ1) is 24.2. The number of morpholine rings is 1. The summed E-state index contributed by atoms with van der Waals surface area (Å²) in [6, 6.07) is 4.23. The van der Waals surface area contributed by atoms with Gasteiger partial charge in [-0.3, -0.25) is 23.8 Å². The number of aromatic hydroxyl groups is 1. The lowest BCUT2D eigenvalue weighted by atomic mass is 9.72. The third kappa shape index (κ3) is 5.99. The molecule has 3 saturated heterocycles. The van der Waals surface area contributed by atoms with Gasteiger partial charge in [-0.25, -0.2) is 4.57 Å². The molecule has 0 bridgehead atoms. The van der Waals surface area contributed by atoms with Gasteiger partial charge >= 0.3 is 7.82 Å². The first-order valence-electron chi connectivity index (χ1n) is 16.3. The summed E-state index contributed by atoms with van der Waals surface area (Å²) in [4.78, 5) is 62.2. The largest absolute Gasteiger partial charge is 0.507 e. The Labute approximate surface area is 291 Å². The number of ketones is 3. The number of phenols is 1. The van der Waals surface area contributed by atoms with Crippen molar-refractivity contribution in [3.63, 3.8) is 0 Å². The summed E-state index contributed by atoms with van der Waals surface area (Å²) in [5, 5.41) is 23.7. The number of benzene rings is 2. The topological polar surface area (TPSA) is 226 Å². The number of ether oxygens (including phenoxy) is 7. The second-order valence-electron chi connectivity index (χ2n) is 13.1. The van der Waals surface area contributed by atoms with E-state index in [0.717, 1.165) is 0 Å². The van der Waals surface area contributed by atoms with Crippen LogP contribution in [-0.4, -0.2) is 126 Å². The highest BCUT2D eigenvalue weighted by Gasteiger charge is 2.55. The summed E-state index contributed by atoms with van der Waals surface area (Å²) in [5.41, 5.74) is -3.20. The number of rotatable bonds is 9. The molecule has 3 aliphatic heterocycles. The number of phosphoric acid groups is 1. The van der Waals surface area contributed by atoms with Crippen LogP contribution in [0.5, 0.6) is 17.2 Å². The maximum Gasteiger partial charge on any atom is 0.470 e. The summed E-state index contributed by atoms with van der Waals surface area (Å²) in [6.07, 6.45) is -5.23. The second kappa shape index (κ2) is 13.3. The molecule has 0 aromatic heterocycles. The fourth-order valence-electron chi connectivity index (χ4n) is 8.01. The average molecular weight is 736 g/mol. The molecule has 0 amide bonds. The van der Waals surface area contributed by atoms with Crippen molar-refractivity contribution in [1.29, 1.82) is 0 Å². The van der Waals surface area contributed by atoms with E-state index in [0.29, 0.717) is 13.2 Å². The van der Waals surface area contributed by atoms with Gasteiger partial charge < -0.3 is 53.2 Å². The summed E-state index contributed by atoms with van der Waals surface area (Å²) < 4.78 is 57.3. The standard InChI is InChI=1S/C33H38NO16P/c1-14-29-17(34-8-9-46-32(45-4)31(34)50-29)10-21(48-14)49-19-12-33(39,20(35)13-47-51(40,41)42)11-16-23(19)30(44-3)25-24(27(16)37)26(36)15-6-5-7-18(43-2)22(15)28(25)38/h5-7,14,17,19,21,29,31-32,37,39H,8-13H2,1-4H3,(H2,40,41,42)/t14-,17-,19-,21?,29+,31+,32-,33-/m0/s1. The molecule has 3 fully saturated rings. The first-order valence-corrected chi connectivity index (χ1v) is 17.8. The number of carbonyl (C=O) groups is 3. The van der Waals surface area contributed by atoms with E-state index >= 15 is 0 Å². The van der Waals surface area contributed by atoms with Gasteiger partial charge in [0.15, 0.2) is 30.4 Å². The van der Waals surface area contributed by atoms with Crippen LogP contribution in [0.15, 0.2) is 18.2 Å². The number of aliphatic hydroxyl groups is 1. The molecule has 3 heterocycles. The van der Waals surface area contributed by atoms with E-state index in [1.54, 1.807) is 6.92 Å². The Morgan fingerprint density at radius 2 is 1.84 bits per heavy atom. The minimum Gasteiger partial charge on any atom is -0.507 e. The maximum absolute atomic E-state index is 14.2. The van der Waals surface area contributed by atoms with Crippen molar-refractivity contribution >= 4 is 25.2 Å². The van der Waals surface area contributed by atoms with Gasteiger partial charge in [0.05, 0.1) is 49.7 Å². The summed E-state index contributed by atoms with van der Waals surface area (Å²) in [5.74, 6) is -3.21. The Kier molecular flexibility index (Phi) is 9.38. The number of carbonyl (C=O) groups excluding carboxylic acids is 3. The molecule has 2 aliphatic carbocycles. The molecule has 7 rings (SSSR count). The van der Waals surface area contributed by atoms with E-state index in [1.165, 1.54) is 39.5 Å². The smallest absolute Gasteiger partial charge is 0.470 e. The minimum atomic E-state index is -5.12. The van der Waals surface area contributed by atoms with Crippen molar-refractivity contribution in [3.05, 3.63) is 51.6 Å². The van der Waals surface area contributed by atoms with E-state index in [-0.39, 0.29) is 57.9 Å². The Morgan fingerprint density at radius 3 is 2.53 bits per heavy atom. The fraction of sp³-hybridized carbons (Fsp3) is 0.545. The highest BCUT2D eigenvalue weighted by molar-refractivity contribution is 7.46. The Morgan fingerprint density at radius 1 is 1.08 bits per heavy atom. The van der Waals surface area contributed by atoms with E-state index < -0.39 is 92.6 Å². The number of Topliss-reactive ketones (excluding diaryl/α,β-unsaturated/α-hetero) is 1. The summed E-state index contributed by atoms with van der Waals surface area (Å²) in [6.45, 7) is 1.57. The number of phenolic OH excluding ortho intramolecular Hbond substituents is 1. The van der Waals surface area contributed by atoms with Crippen LogP contribution in [0.3, 0.4) is 0 Å². The van der Waals surface area contributed by atoms with Gasteiger partial charge in [-0.1, -0.05) is 12.1 Å². The molecular weight excluding hydrogens is 697 g/mol. The lowest BCUT2D eigenvalue weighted by Gasteiger charge is -2.43. The Bertz CT molecular complexity index is 1830. The van der Waals surface area contributed by atoms with Crippen molar-refractivity contribution in [1.82, 2.24) is 4.90 Å². The molecule has 0 saturated carbocycles. The number of nitrogens with zero attached hydrogens (tertiary/aromatic N) is 1. The molecule has 4 N–H and O–H groups in total. The average Bonchev–Trinajstić information content (AvgIpc) is 3.48. The quantitative estimate of drug-likeness (QED) is 0.226. The second-order valence-corrected chi connectivity index (χ2v) is 14.3. The van der Waals surface area contributed by atoms with Crippen molar-refractivity contribution in [2.45, 2.75) is 74.9 Å².